The summed E-state index contributed by atoms with van der Waals surface area (Å²) in [6, 6.07) is 6.66. The molecule has 0 saturated heterocycles. The van der Waals surface area contributed by atoms with Crippen LogP contribution in [0.1, 0.15) is 46.6 Å². The van der Waals surface area contributed by atoms with Crippen molar-refractivity contribution in [2.45, 2.75) is 59.1 Å². The maximum atomic E-state index is 12.8. The van der Waals surface area contributed by atoms with Gasteiger partial charge in [0.1, 0.15) is 17.4 Å². The number of hydrogen-bond donors (Lipinski definition) is 0. The predicted octanol–water partition coefficient (Wildman–Crippen LogP) is 4.43. The topological polar surface area (TPSA) is 65.1 Å². The third kappa shape index (κ3) is 8.38. The molecule has 0 heterocycles. The van der Waals surface area contributed by atoms with E-state index < -0.39 is 23.7 Å². The largest absolute Gasteiger partial charge is 0.494 e. The van der Waals surface area contributed by atoms with E-state index in [1.54, 1.807) is 27.7 Å². The van der Waals surface area contributed by atoms with E-state index in [2.05, 4.69) is 0 Å². The van der Waals surface area contributed by atoms with Crippen molar-refractivity contribution in [3.63, 3.8) is 0 Å². The van der Waals surface area contributed by atoms with Crippen LogP contribution in [0.15, 0.2) is 24.3 Å². The van der Waals surface area contributed by atoms with Crippen LogP contribution in [-0.2, 0) is 20.7 Å². The predicted molar refractivity (Wildman–Crippen MR) is 110 cm³/mol. The van der Waals surface area contributed by atoms with E-state index in [1.165, 1.54) is 4.90 Å². The molecule has 158 valence electrons. The minimum atomic E-state index is -0.795. The molecule has 0 bridgehead atoms. The van der Waals surface area contributed by atoms with Gasteiger partial charge in [0.2, 0.25) is 0 Å². The van der Waals surface area contributed by atoms with Crippen molar-refractivity contribution in [1.82, 2.24) is 4.90 Å². The summed E-state index contributed by atoms with van der Waals surface area (Å²) >= 11 is 5.83. The van der Waals surface area contributed by atoms with Crippen molar-refractivity contribution in [1.29, 1.82) is 0 Å². The number of carbonyl (C=O) groups excluding carboxylic acids is 2. The molecule has 6 nitrogen and oxygen atoms in total. The number of hydrogen-bond acceptors (Lipinski definition) is 5. The summed E-state index contributed by atoms with van der Waals surface area (Å²) in [5, 5.41) is 0. The molecule has 0 radical (unpaired) electrons. The molecule has 0 saturated carbocycles. The summed E-state index contributed by atoms with van der Waals surface area (Å²) in [7, 11) is 0. The van der Waals surface area contributed by atoms with Gasteiger partial charge in [-0.2, -0.15) is 0 Å². The highest BCUT2D eigenvalue weighted by Gasteiger charge is 2.33. The maximum absolute atomic E-state index is 12.8. The monoisotopic (exact) mass is 413 g/mol. The zero-order chi connectivity index (χ0) is 21.2. The highest BCUT2D eigenvalue weighted by Crippen LogP contribution is 2.19. The standard InChI is InChI=1S/C21H32ClNO5/c1-6-26-17-11-9-16(10-12-17)15-18(19(24)27-7-2)23(14-8-13-22)20(25)28-21(3,4)5/h9-12,18H,6-8,13-15H2,1-5H3/t18-/m0/s1. The van der Waals surface area contributed by atoms with Crippen molar-refractivity contribution in [2.75, 3.05) is 25.6 Å². The van der Waals surface area contributed by atoms with Crippen molar-refractivity contribution in [2.24, 2.45) is 0 Å². The van der Waals surface area contributed by atoms with Crippen LogP contribution >= 0.6 is 11.6 Å². The second-order valence-electron chi connectivity index (χ2n) is 7.27. The Morgan fingerprint density at radius 3 is 2.25 bits per heavy atom. The Morgan fingerprint density at radius 2 is 1.75 bits per heavy atom. The smallest absolute Gasteiger partial charge is 0.411 e. The van der Waals surface area contributed by atoms with E-state index in [4.69, 9.17) is 25.8 Å². The molecule has 1 aromatic rings. The lowest BCUT2D eigenvalue weighted by molar-refractivity contribution is -0.149. The SMILES string of the molecule is CCOC(=O)[C@H](Cc1ccc(OCC)cc1)N(CCCCl)C(=O)OC(C)(C)C. The number of benzene rings is 1. The fourth-order valence-electron chi connectivity index (χ4n) is 2.60. The van der Waals surface area contributed by atoms with Crippen LogP contribution in [0.5, 0.6) is 5.75 Å². The maximum Gasteiger partial charge on any atom is 0.411 e. The lowest BCUT2D eigenvalue weighted by atomic mass is 10.0. The zero-order valence-corrected chi connectivity index (χ0v) is 18.3. The first-order valence-corrected chi connectivity index (χ1v) is 10.2. The van der Waals surface area contributed by atoms with Crippen LogP contribution in [0.3, 0.4) is 0 Å². The number of esters is 1. The van der Waals surface area contributed by atoms with Gasteiger partial charge < -0.3 is 14.2 Å². The molecule has 1 amide bonds. The Labute approximate surface area is 173 Å². The van der Waals surface area contributed by atoms with Gasteiger partial charge in [-0.15, -0.1) is 11.6 Å². The average Bonchev–Trinajstić information content (AvgIpc) is 2.61. The van der Waals surface area contributed by atoms with Gasteiger partial charge in [-0.25, -0.2) is 9.59 Å². The Kier molecular flexibility index (Phi) is 10.1. The summed E-state index contributed by atoms with van der Waals surface area (Å²) in [5.41, 5.74) is 0.218. The van der Waals surface area contributed by atoms with Crippen molar-refractivity contribution in [3.05, 3.63) is 29.8 Å². The Balaban J connectivity index is 3.10. The van der Waals surface area contributed by atoms with Crippen LogP contribution < -0.4 is 4.74 Å². The Hall–Kier alpha value is -1.95. The van der Waals surface area contributed by atoms with Crippen LogP contribution in [-0.4, -0.2) is 54.2 Å². The van der Waals surface area contributed by atoms with Gasteiger partial charge in [-0.3, -0.25) is 4.90 Å². The summed E-state index contributed by atoms with van der Waals surface area (Å²) in [6.45, 7) is 10.1. The normalized spacial score (nSPS) is 12.2. The van der Waals surface area contributed by atoms with Crippen LogP contribution in [0, 0.1) is 0 Å². The Morgan fingerprint density at radius 1 is 1.11 bits per heavy atom. The number of carbonyl (C=O) groups is 2. The van der Waals surface area contributed by atoms with E-state index in [-0.39, 0.29) is 6.61 Å². The molecule has 1 aromatic carbocycles. The molecule has 0 aliphatic rings. The Bertz CT molecular complexity index is 612. The number of rotatable bonds is 10. The fraction of sp³-hybridized carbons (Fsp3) is 0.619. The molecule has 0 fully saturated rings. The molecular weight excluding hydrogens is 382 g/mol. The molecule has 7 heteroatoms. The number of halogens is 1. The van der Waals surface area contributed by atoms with Gasteiger partial charge in [0.25, 0.3) is 0 Å². The van der Waals surface area contributed by atoms with Gasteiger partial charge in [0, 0.05) is 18.8 Å². The molecule has 1 rings (SSSR count). The zero-order valence-electron chi connectivity index (χ0n) is 17.5. The van der Waals surface area contributed by atoms with E-state index in [0.717, 1.165) is 11.3 Å². The van der Waals surface area contributed by atoms with Crippen LogP contribution in [0.25, 0.3) is 0 Å². The molecule has 0 aromatic heterocycles. The van der Waals surface area contributed by atoms with E-state index >= 15 is 0 Å². The van der Waals surface area contributed by atoms with Crippen LogP contribution in [0.2, 0.25) is 0 Å². The molecule has 0 aliphatic carbocycles. The van der Waals surface area contributed by atoms with Crippen molar-refractivity contribution < 1.29 is 23.8 Å². The van der Waals surface area contributed by atoms with Crippen molar-refractivity contribution >= 4 is 23.7 Å². The summed E-state index contributed by atoms with van der Waals surface area (Å²) < 4.78 is 16.2. The first kappa shape index (κ1) is 24.1. The first-order valence-electron chi connectivity index (χ1n) is 9.65. The second-order valence-corrected chi connectivity index (χ2v) is 7.64. The molecule has 0 N–H and O–H groups in total. The van der Waals surface area contributed by atoms with Gasteiger partial charge >= 0.3 is 12.1 Å². The highest BCUT2D eigenvalue weighted by molar-refractivity contribution is 6.17. The first-order chi connectivity index (χ1) is 13.2. The minimum absolute atomic E-state index is 0.232. The summed E-state index contributed by atoms with van der Waals surface area (Å²) in [5.74, 6) is 0.666. The number of nitrogens with zero attached hydrogens (tertiary/aromatic N) is 1. The van der Waals surface area contributed by atoms with Gasteiger partial charge in [-0.05, 0) is 58.7 Å². The lowest BCUT2D eigenvalue weighted by Crippen LogP contribution is -2.49. The quantitative estimate of drug-likeness (QED) is 0.419. The van der Waals surface area contributed by atoms with E-state index in [0.29, 0.717) is 31.9 Å². The average molecular weight is 414 g/mol. The number of alkyl halides is 1. The third-order valence-corrected chi connectivity index (χ3v) is 4.03. The molecule has 28 heavy (non-hydrogen) atoms. The third-order valence-electron chi connectivity index (χ3n) is 3.76. The molecule has 0 aliphatic heterocycles. The number of amides is 1. The molecular formula is C21H32ClNO5. The fourth-order valence-corrected chi connectivity index (χ4v) is 2.72. The van der Waals surface area contributed by atoms with Gasteiger partial charge in [-0.1, -0.05) is 12.1 Å². The second kappa shape index (κ2) is 11.8. The molecule has 0 spiro atoms. The van der Waals surface area contributed by atoms with Crippen LogP contribution in [0.4, 0.5) is 4.79 Å². The highest BCUT2D eigenvalue weighted by atomic mass is 35.5. The number of ether oxygens (including phenoxy) is 3. The molecule has 0 unspecified atom stereocenters. The van der Waals surface area contributed by atoms with E-state index in [1.807, 2.05) is 31.2 Å². The van der Waals surface area contributed by atoms with Gasteiger partial charge in [0.15, 0.2) is 0 Å². The van der Waals surface area contributed by atoms with Gasteiger partial charge in [0.05, 0.1) is 13.2 Å². The van der Waals surface area contributed by atoms with Crippen molar-refractivity contribution in [3.8, 4) is 5.75 Å². The summed E-state index contributed by atoms with van der Waals surface area (Å²) in [4.78, 5) is 26.9. The molecule has 1 atom stereocenters. The van der Waals surface area contributed by atoms with E-state index in [9.17, 15) is 9.59 Å². The lowest BCUT2D eigenvalue weighted by Gasteiger charge is -2.32. The minimum Gasteiger partial charge on any atom is -0.494 e. The summed E-state index contributed by atoms with van der Waals surface area (Å²) in [6.07, 6.45) is 0.300.